The summed E-state index contributed by atoms with van der Waals surface area (Å²) in [4.78, 5) is 0.203. The van der Waals surface area contributed by atoms with E-state index in [0.717, 1.165) is 17.8 Å². The SMILES string of the molecule is CSCCn1cc(S(N)(=O)=O)c2ccccc21. The van der Waals surface area contributed by atoms with Gasteiger partial charge in [0.05, 0.1) is 0 Å². The van der Waals surface area contributed by atoms with Gasteiger partial charge in [-0.3, -0.25) is 0 Å². The Bertz CT molecular complexity index is 632. The van der Waals surface area contributed by atoms with Crippen molar-refractivity contribution in [1.82, 2.24) is 4.57 Å². The van der Waals surface area contributed by atoms with E-state index < -0.39 is 10.0 Å². The van der Waals surface area contributed by atoms with Crippen molar-refractivity contribution in [3.05, 3.63) is 30.5 Å². The van der Waals surface area contributed by atoms with E-state index in [4.69, 9.17) is 5.14 Å². The number of hydrogen-bond donors (Lipinski definition) is 1. The number of aromatic nitrogens is 1. The molecule has 1 heterocycles. The van der Waals surface area contributed by atoms with Crippen molar-refractivity contribution in [3.8, 4) is 0 Å². The molecule has 0 radical (unpaired) electrons. The Balaban J connectivity index is 2.63. The van der Waals surface area contributed by atoms with Crippen LogP contribution in [0.1, 0.15) is 0 Å². The molecule has 0 amide bonds. The zero-order chi connectivity index (χ0) is 12.5. The Morgan fingerprint density at radius 3 is 2.71 bits per heavy atom. The van der Waals surface area contributed by atoms with Crippen LogP contribution < -0.4 is 5.14 Å². The summed E-state index contributed by atoms with van der Waals surface area (Å²) in [6.45, 7) is 0.775. The van der Waals surface area contributed by atoms with Gasteiger partial charge in [-0.05, 0) is 12.3 Å². The number of primary sulfonamides is 1. The standard InChI is InChI=1S/C11H14N2O2S2/c1-16-7-6-13-8-11(17(12,14)15)9-4-2-3-5-10(9)13/h2-5,8H,6-7H2,1H3,(H2,12,14,15). The third kappa shape index (κ3) is 2.48. The van der Waals surface area contributed by atoms with E-state index in [2.05, 4.69) is 0 Å². The molecule has 0 spiro atoms. The number of nitrogens with two attached hydrogens (primary N) is 1. The molecular weight excluding hydrogens is 256 g/mol. The molecule has 0 aliphatic heterocycles. The zero-order valence-electron chi connectivity index (χ0n) is 9.46. The summed E-state index contributed by atoms with van der Waals surface area (Å²) in [5.41, 5.74) is 0.908. The van der Waals surface area contributed by atoms with Crippen molar-refractivity contribution < 1.29 is 8.42 Å². The maximum atomic E-state index is 11.5. The van der Waals surface area contributed by atoms with Crippen LogP contribution in [0.2, 0.25) is 0 Å². The quantitative estimate of drug-likeness (QED) is 0.918. The molecular formula is C11H14N2O2S2. The van der Waals surface area contributed by atoms with Gasteiger partial charge in [0.2, 0.25) is 10.0 Å². The third-order valence-electron chi connectivity index (χ3n) is 2.59. The van der Waals surface area contributed by atoms with Crippen molar-refractivity contribution in [3.63, 3.8) is 0 Å². The second-order valence-corrected chi connectivity index (χ2v) is 6.26. The number of hydrogen-bond acceptors (Lipinski definition) is 3. The minimum absolute atomic E-state index is 0.203. The van der Waals surface area contributed by atoms with Crippen LogP contribution in [0, 0.1) is 0 Å². The molecule has 1 aromatic carbocycles. The first-order chi connectivity index (χ1) is 8.04. The first-order valence-corrected chi connectivity index (χ1v) is 8.07. The van der Waals surface area contributed by atoms with Crippen LogP contribution in [0.15, 0.2) is 35.4 Å². The van der Waals surface area contributed by atoms with Gasteiger partial charge in [0.1, 0.15) is 4.90 Å². The first kappa shape index (κ1) is 12.5. The number of fused-ring (bicyclic) bond motifs is 1. The topological polar surface area (TPSA) is 65.1 Å². The molecule has 1 aromatic heterocycles. The van der Waals surface area contributed by atoms with Crippen LogP contribution in [0.5, 0.6) is 0 Å². The van der Waals surface area contributed by atoms with Crippen LogP contribution in [0.25, 0.3) is 10.9 Å². The Labute approximate surface area is 105 Å². The number of thioether (sulfide) groups is 1. The molecule has 0 aliphatic rings. The number of rotatable bonds is 4. The van der Waals surface area contributed by atoms with E-state index >= 15 is 0 Å². The van der Waals surface area contributed by atoms with E-state index in [1.807, 2.05) is 29.0 Å². The maximum absolute atomic E-state index is 11.5. The van der Waals surface area contributed by atoms with Gasteiger partial charge in [0.25, 0.3) is 0 Å². The highest BCUT2D eigenvalue weighted by Gasteiger charge is 2.16. The molecule has 0 fully saturated rings. The number of sulfonamides is 1. The number of para-hydroxylation sites is 1. The summed E-state index contributed by atoms with van der Waals surface area (Å²) in [5, 5.41) is 5.91. The summed E-state index contributed by atoms with van der Waals surface area (Å²) in [7, 11) is -3.66. The summed E-state index contributed by atoms with van der Waals surface area (Å²) in [6, 6.07) is 7.40. The lowest BCUT2D eigenvalue weighted by molar-refractivity contribution is 0.598. The summed E-state index contributed by atoms with van der Waals surface area (Å²) in [5.74, 6) is 0.933. The highest BCUT2D eigenvalue weighted by atomic mass is 32.2. The van der Waals surface area contributed by atoms with Crippen LogP contribution >= 0.6 is 11.8 Å². The molecule has 0 bridgehead atoms. The van der Waals surface area contributed by atoms with Gasteiger partial charge >= 0.3 is 0 Å². The lowest BCUT2D eigenvalue weighted by Gasteiger charge is -2.02. The van der Waals surface area contributed by atoms with Crippen molar-refractivity contribution in [2.45, 2.75) is 11.4 Å². The van der Waals surface area contributed by atoms with E-state index in [1.54, 1.807) is 24.0 Å². The van der Waals surface area contributed by atoms with Crippen LogP contribution in [-0.4, -0.2) is 25.0 Å². The molecule has 0 unspecified atom stereocenters. The normalized spacial score (nSPS) is 12.1. The molecule has 2 rings (SSSR count). The molecule has 2 N–H and O–H groups in total. The Hall–Kier alpha value is -0.980. The average Bonchev–Trinajstić information content (AvgIpc) is 2.65. The van der Waals surface area contributed by atoms with Crippen molar-refractivity contribution in [2.75, 3.05) is 12.0 Å². The smallest absolute Gasteiger partial charge is 0.240 e. The largest absolute Gasteiger partial charge is 0.345 e. The fraction of sp³-hybridized carbons (Fsp3) is 0.273. The predicted molar refractivity (Wildman–Crippen MR) is 71.7 cm³/mol. The number of benzene rings is 1. The number of aryl methyl sites for hydroxylation is 1. The molecule has 0 atom stereocenters. The zero-order valence-corrected chi connectivity index (χ0v) is 11.1. The lowest BCUT2D eigenvalue weighted by Crippen LogP contribution is -2.11. The Morgan fingerprint density at radius 1 is 1.35 bits per heavy atom. The van der Waals surface area contributed by atoms with Crippen molar-refractivity contribution in [1.29, 1.82) is 0 Å². The van der Waals surface area contributed by atoms with Crippen molar-refractivity contribution in [2.24, 2.45) is 5.14 Å². The lowest BCUT2D eigenvalue weighted by atomic mass is 10.2. The van der Waals surface area contributed by atoms with E-state index in [0.29, 0.717) is 5.39 Å². The highest BCUT2D eigenvalue weighted by molar-refractivity contribution is 7.98. The summed E-state index contributed by atoms with van der Waals surface area (Å²) in [6.07, 6.45) is 3.64. The molecule has 2 aromatic rings. The fourth-order valence-corrected chi connectivity index (χ4v) is 2.95. The second-order valence-electron chi connectivity index (χ2n) is 3.74. The van der Waals surface area contributed by atoms with E-state index in [9.17, 15) is 8.42 Å². The van der Waals surface area contributed by atoms with Gasteiger partial charge in [0, 0.05) is 29.4 Å². The second kappa shape index (κ2) is 4.72. The molecule has 0 aliphatic carbocycles. The summed E-state index contributed by atoms with van der Waals surface area (Å²) >= 11 is 1.72. The Kier molecular flexibility index (Phi) is 3.46. The van der Waals surface area contributed by atoms with Gasteiger partial charge in [-0.25, -0.2) is 13.6 Å². The van der Waals surface area contributed by atoms with Gasteiger partial charge in [0.15, 0.2) is 0 Å². The van der Waals surface area contributed by atoms with Gasteiger partial charge in [-0.2, -0.15) is 11.8 Å². The minimum Gasteiger partial charge on any atom is -0.345 e. The van der Waals surface area contributed by atoms with Gasteiger partial charge in [-0.1, -0.05) is 18.2 Å². The molecule has 4 nitrogen and oxygen atoms in total. The molecule has 0 saturated heterocycles. The van der Waals surface area contributed by atoms with Crippen molar-refractivity contribution >= 4 is 32.7 Å². The van der Waals surface area contributed by atoms with Crippen LogP contribution in [-0.2, 0) is 16.6 Å². The van der Waals surface area contributed by atoms with Gasteiger partial charge < -0.3 is 4.57 Å². The molecule has 6 heteroatoms. The predicted octanol–water partition coefficient (Wildman–Crippen LogP) is 1.65. The molecule has 0 saturated carbocycles. The maximum Gasteiger partial charge on any atom is 0.240 e. The fourth-order valence-electron chi connectivity index (χ4n) is 1.81. The average molecular weight is 270 g/mol. The monoisotopic (exact) mass is 270 g/mol. The molecule has 92 valence electrons. The molecule has 17 heavy (non-hydrogen) atoms. The number of nitrogens with zero attached hydrogens (tertiary/aromatic N) is 1. The van der Waals surface area contributed by atoms with E-state index in [-0.39, 0.29) is 4.90 Å². The highest BCUT2D eigenvalue weighted by Crippen LogP contribution is 2.24. The minimum atomic E-state index is -3.66. The third-order valence-corrected chi connectivity index (χ3v) is 4.12. The van der Waals surface area contributed by atoms with Crippen LogP contribution in [0.4, 0.5) is 0 Å². The summed E-state index contributed by atoms with van der Waals surface area (Å²) < 4.78 is 24.9. The first-order valence-electron chi connectivity index (χ1n) is 5.13. The Morgan fingerprint density at radius 2 is 2.06 bits per heavy atom. The van der Waals surface area contributed by atoms with E-state index in [1.165, 1.54) is 0 Å². The van der Waals surface area contributed by atoms with Gasteiger partial charge in [-0.15, -0.1) is 0 Å². The van der Waals surface area contributed by atoms with Crippen LogP contribution in [0.3, 0.4) is 0 Å².